The van der Waals surface area contributed by atoms with Gasteiger partial charge in [0, 0.05) is 29.5 Å². The van der Waals surface area contributed by atoms with Crippen LogP contribution in [0.5, 0.6) is 28.7 Å². The molecule has 0 radical (unpaired) electrons. The number of phenolic OH excluding ortho intramolecular Hbond substituents is 5. The summed E-state index contributed by atoms with van der Waals surface area (Å²) in [6, 6.07) is 14.0. The number of fused-ring (bicyclic) bond motifs is 1. The van der Waals surface area contributed by atoms with Crippen LogP contribution in [-0.4, -0.2) is 36.7 Å². The van der Waals surface area contributed by atoms with Crippen molar-refractivity contribution >= 4 is 5.57 Å². The predicted octanol–water partition coefficient (Wildman–Crippen LogP) is 4.77. The highest BCUT2D eigenvalue weighted by Crippen LogP contribution is 2.58. The monoisotopic (exact) mass is 456 g/mol. The third-order valence-electron chi connectivity index (χ3n) is 6.40. The van der Waals surface area contributed by atoms with E-state index in [1.54, 1.807) is 48.5 Å². The van der Waals surface area contributed by atoms with Crippen LogP contribution in [0.1, 0.15) is 40.5 Å². The van der Waals surface area contributed by atoms with Crippen LogP contribution in [0.25, 0.3) is 5.57 Å². The third-order valence-corrected chi connectivity index (χ3v) is 6.40. The van der Waals surface area contributed by atoms with Crippen LogP contribution < -0.4 is 0 Å². The van der Waals surface area contributed by atoms with Crippen LogP contribution in [0, 0.1) is 0 Å². The zero-order chi connectivity index (χ0) is 24.0. The van der Waals surface area contributed by atoms with Gasteiger partial charge in [-0.2, -0.15) is 0 Å². The summed E-state index contributed by atoms with van der Waals surface area (Å²) in [5.74, 6) is -1.11. The van der Waals surface area contributed by atoms with Gasteiger partial charge in [0.05, 0.1) is 6.10 Å². The van der Waals surface area contributed by atoms with E-state index >= 15 is 0 Å². The van der Waals surface area contributed by atoms with Gasteiger partial charge in [-0.3, -0.25) is 0 Å². The number of hydrogen-bond donors (Lipinski definition) is 6. The quantitative estimate of drug-likeness (QED) is 0.338. The van der Waals surface area contributed by atoms with Crippen molar-refractivity contribution in [1.82, 2.24) is 0 Å². The standard InChI is InChI=1S/C28H24O6/c29-18-5-1-15(2-6-18)9-23-24-13-22(33)14-25(34)28(24)27(16-3-7-19(30)8-4-16)26(23)17-10-20(31)12-21(32)11-17/h1-5,7-14,18,26-27,29-34H,6H2/t18?,26-,27+/m0/s1. The number of phenols is 5. The lowest BCUT2D eigenvalue weighted by atomic mass is 9.79. The highest BCUT2D eigenvalue weighted by molar-refractivity contribution is 5.86. The summed E-state index contributed by atoms with van der Waals surface area (Å²) in [6.45, 7) is 0. The normalized spacial score (nSPS) is 22.6. The van der Waals surface area contributed by atoms with Crippen LogP contribution in [0.15, 0.2) is 84.5 Å². The Labute approximate surface area is 196 Å². The number of aromatic hydroxyl groups is 5. The van der Waals surface area contributed by atoms with Gasteiger partial charge in [-0.05, 0) is 64.6 Å². The van der Waals surface area contributed by atoms with Crippen LogP contribution in [0.2, 0.25) is 0 Å². The molecule has 0 bridgehead atoms. The molecule has 0 saturated carbocycles. The molecule has 3 aromatic rings. The molecule has 2 aliphatic carbocycles. The number of benzene rings is 3. The molecule has 0 fully saturated rings. The molecular formula is C28H24O6. The van der Waals surface area contributed by atoms with Crippen molar-refractivity contribution in [3.05, 3.63) is 107 Å². The van der Waals surface area contributed by atoms with E-state index in [4.69, 9.17) is 0 Å². The first-order valence-electron chi connectivity index (χ1n) is 11.0. The Kier molecular flexibility index (Phi) is 5.30. The molecule has 0 heterocycles. The molecule has 6 heteroatoms. The Bertz CT molecular complexity index is 1330. The lowest BCUT2D eigenvalue weighted by Crippen LogP contribution is -2.08. The average molecular weight is 456 g/mol. The van der Waals surface area contributed by atoms with Gasteiger partial charge in [-0.1, -0.05) is 36.4 Å². The lowest BCUT2D eigenvalue weighted by molar-refractivity contribution is 0.225. The number of hydrogen-bond acceptors (Lipinski definition) is 6. The Morgan fingerprint density at radius 1 is 0.706 bits per heavy atom. The first-order chi connectivity index (χ1) is 16.3. The van der Waals surface area contributed by atoms with E-state index in [0.717, 1.165) is 16.7 Å². The summed E-state index contributed by atoms with van der Waals surface area (Å²) in [5.41, 5.74) is 4.30. The van der Waals surface area contributed by atoms with Crippen molar-refractivity contribution in [1.29, 1.82) is 0 Å². The smallest absolute Gasteiger partial charge is 0.123 e. The lowest BCUT2D eigenvalue weighted by Gasteiger charge is -2.24. The Morgan fingerprint density at radius 2 is 1.38 bits per heavy atom. The Morgan fingerprint density at radius 3 is 2.03 bits per heavy atom. The van der Waals surface area contributed by atoms with Crippen molar-refractivity contribution in [2.75, 3.05) is 0 Å². The van der Waals surface area contributed by atoms with E-state index in [-0.39, 0.29) is 28.7 Å². The fraction of sp³-hybridized carbons (Fsp3) is 0.143. The zero-order valence-corrected chi connectivity index (χ0v) is 18.1. The molecule has 1 unspecified atom stereocenters. The van der Waals surface area contributed by atoms with Gasteiger partial charge in [0.15, 0.2) is 0 Å². The van der Waals surface area contributed by atoms with Gasteiger partial charge in [-0.15, -0.1) is 0 Å². The van der Waals surface area contributed by atoms with Crippen LogP contribution in [0.4, 0.5) is 0 Å². The molecule has 0 aliphatic heterocycles. The highest BCUT2D eigenvalue weighted by atomic mass is 16.3. The predicted molar refractivity (Wildman–Crippen MR) is 128 cm³/mol. The highest BCUT2D eigenvalue weighted by Gasteiger charge is 2.41. The van der Waals surface area contributed by atoms with Crippen LogP contribution >= 0.6 is 0 Å². The molecule has 0 spiro atoms. The number of aliphatic hydroxyl groups excluding tert-OH is 1. The van der Waals surface area contributed by atoms with Crippen molar-refractivity contribution in [2.24, 2.45) is 0 Å². The minimum atomic E-state index is -0.547. The first-order valence-corrected chi connectivity index (χ1v) is 11.0. The van der Waals surface area contributed by atoms with Crippen LogP contribution in [0.3, 0.4) is 0 Å². The molecular weight excluding hydrogens is 432 g/mol. The van der Waals surface area contributed by atoms with Crippen molar-refractivity contribution < 1.29 is 30.6 Å². The molecule has 172 valence electrons. The fourth-order valence-corrected chi connectivity index (χ4v) is 4.99. The van der Waals surface area contributed by atoms with E-state index in [1.807, 2.05) is 18.2 Å². The van der Waals surface area contributed by atoms with E-state index < -0.39 is 17.9 Å². The van der Waals surface area contributed by atoms with Gasteiger partial charge in [0.1, 0.15) is 28.7 Å². The summed E-state index contributed by atoms with van der Waals surface area (Å²) >= 11 is 0. The Hall–Kier alpha value is -4.16. The van der Waals surface area contributed by atoms with Crippen molar-refractivity contribution in [3.63, 3.8) is 0 Å². The van der Waals surface area contributed by atoms with E-state index in [0.29, 0.717) is 23.1 Å². The topological polar surface area (TPSA) is 121 Å². The largest absolute Gasteiger partial charge is 0.508 e. The summed E-state index contributed by atoms with van der Waals surface area (Å²) in [6.07, 6.45) is 7.28. The van der Waals surface area contributed by atoms with Gasteiger partial charge >= 0.3 is 0 Å². The minimum absolute atomic E-state index is 0.0746. The molecule has 0 amide bonds. The fourth-order valence-electron chi connectivity index (χ4n) is 4.99. The Balaban J connectivity index is 1.79. The van der Waals surface area contributed by atoms with Crippen molar-refractivity contribution in [2.45, 2.75) is 24.4 Å². The number of allylic oxidation sites excluding steroid dienone is 4. The SMILES string of the molecule is Oc1ccc([C@H]2c3c(O)cc(O)cc3C(=CC3=CCC(O)C=C3)[C@@H]2c2cc(O)cc(O)c2)cc1. The number of aliphatic hydroxyl groups is 1. The molecule has 0 aromatic heterocycles. The average Bonchev–Trinajstić information content (AvgIpc) is 3.09. The summed E-state index contributed by atoms with van der Waals surface area (Å²) in [5, 5.41) is 61.4. The second-order valence-electron chi connectivity index (χ2n) is 8.72. The van der Waals surface area contributed by atoms with Crippen LogP contribution in [-0.2, 0) is 0 Å². The summed E-state index contributed by atoms with van der Waals surface area (Å²) in [4.78, 5) is 0. The molecule has 0 saturated heterocycles. The molecule has 6 nitrogen and oxygen atoms in total. The van der Waals surface area contributed by atoms with Gasteiger partial charge in [0.2, 0.25) is 0 Å². The van der Waals surface area contributed by atoms with E-state index in [9.17, 15) is 30.6 Å². The maximum Gasteiger partial charge on any atom is 0.123 e. The van der Waals surface area contributed by atoms with Gasteiger partial charge in [-0.25, -0.2) is 0 Å². The van der Waals surface area contributed by atoms with Crippen molar-refractivity contribution in [3.8, 4) is 28.7 Å². The molecule has 34 heavy (non-hydrogen) atoms. The zero-order valence-electron chi connectivity index (χ0n) is 18.1. The maximum atomic E-state index is 10.9. The van der Waals surface area contributed by atoms with Gasteiger partial charge < -0.3 is 30.6 Å². The molecule has 3 aromatic carbocycles. The first kappa shape index (κ1) is 21.7. The summed E-state index contributed by atoms with van der Waals surface area (Å²) < 4.78 is 0. The molecule has 3 atom stereocenters. The second kappa shape index (κ2) is 8.32. The van der Waals surface area contributed by atoms with E-state index in [2.05, 4.69) is 0 Å². The van der Waals surface area contributed by atoms with Gasteiger partial charge in [0.25, 0.3) is 0 Å². The summed E-state index contributed by atoms with van der Waals surface area (Å²) in [7, 11) is 0. The molecule has 5 rings (SSSR count). The minimum Gasteiger partial charge on any atom is -0.508 e. The van der Waals surface area contributed by atoms with E-state index in [1.165, 1.54) is 12.1 Å². The third kappa shape index (κ3) is 3.89. The molecule has 6 N–H and O–H groups in total. The maximum absolute atomic E-state index is 10.9. The second-order valence-corrected chi connectivity index (χ2v) is 8.72. The molecule has 2 aliphatic rings. The number of rotatable bonds is 3.